The zero-order chi connectivity index (χ0) is 26.0. The Morgan fingerprint density at radius 1 is 0.973 bits per heavy atom. The van der Waals surface area contributed by atoms with Crippen LogP contribution >= 0.6 is 0 Å². The Bertz CT molecular complexity index is 1070. The average molecular weight is 511 g/mol. The molecule has 1 N–H and O–H groups in total. The number of nitrogens with zero attached hydrogens (tertiary/aromatic N) is 2. The van der Waals surface area contributed by atoms with Gasteiger partial charge in [-0.25, -0.2) is 13.6 Å². The smallest absolute Gasteiger partial charge is 0.413 e. The zero-order valence-corrected chi connectivity index (χ0v) is 21.5. The molecule has 5 nitrogen and oxygen atoms in total. The molecule has 1 saturated carbocycles. The van der Waals surface area contributed by atoms with Crippen LogP contribution in [0.4, 0.5) is 13.6 Å². The third kappa shape index (κ3) is 5.16. The minimum atomic E-state index is -1.31. The second kappa shape index (κ2) is 10.5. The monoisotopic (exact) mass is 510 g/mol. The second-order valence-corrected chi connectivity index (χ2v) is 10.8. The molecule has 2 saturated heterocycles. The maximum absolute atomic E-state index is 13.5. The Morgan fingerprint density at radius 2 is 1.51 bits per heavy atom. The first-order chi connectivity index (χ1) is 17.8. The molecule has 1 aliphatic carbocycles. The molecular weight excluding hydrogens is 474 g/mol. The van der Waals surface area contributed by atoms with Gasteiger partial charge in [-0.15, -0.1) is 0 Å². The van der Waals surface area contributed by atoms with E-state index < -0.39 is 11.3 Å². The number of amides is 1. The van der Waals surface area contributed by atoms with E-state index in [4.69, 9.17) is 4.74 Å². The van der Waals surface area contributed by atoms with Crippen LogP contribution in [0.15, 0.2) is 54.6 Å². The summed E-state index contributed by atoms with van der Waals surface area (Å²) in [6.45, 7) is 3.99. The molecule has 198 valence electrons. The number of hydrogen-bond acceptors (Lipinski definition) is 4. The average Bonchev–Trinajstić information content (AvgIpc) is 3.08. The summed E-state index contributed by atoms with van der Waals surface area (Å²) in [4.78, 5) is 16.8. The normalized spacial score (nSPS) is 24.3. The van der Waals surface area contributed by atoms with Crippen LogP contribution in [0.1, 0.15) is 69.4 Å². The zero-order valence-electron chi connectivity index (χ0n) is 21.5. The molecule has 1 unspecified atom stereocenters. The summed E-state index contributed by atoms with van der Waals surface area (Å²) in [7, 11) is 0. The summed E-state index contributed by atoms with van der Waals surface area (Å²) >= 11 is 0. The molecule has 2 aliphatic heterocycles. The van der Waals surface area contributed by atoms with Crippen molar-refractivity contribution in [3.8, 4) is 0 Å². The fraction of sp³-hybridized carbons (Fsp3) is 0.500. The van der Waals surface area contributed by atoms with Crippen LogP contribution in [0.3, 0.4) is 0 Å². The number of halogens is 2. The molecule has 1 amide bonds. The summed E-state index contributed by atoms with van der Waals surface area (Å²) in [5.41, 5.74) is 0.506. The number of aliphatic hydroxyl groups is 1. The first-order valence-corrected chi connectivity index (χ1v) is 13.5. The molecule has 5 rings (SSSR count). The summed E-state index contributed by atoms with van der Waals surface area (Å²) in [6.07, 6.45) is 8.84. The van der Waals surface area contributed by atoms with Crippen molar-refractivity contribution in [3.05, 3.63) is 77.4 Å². The molecule has 0 bridgehead atoms. The molecule has 37 heavy (non-hydrogen) atoms. The molecular formula is C30H36F2N2O3. The molecule has 2 aromatic rings. The predicted molar refractivity (Wildman–Crippen MR) is 139 cm³/mol. The summed E-state index contributed by atoms with van der Waals surface area (Å²) in [5.74, 6) is -0.593. The van der Waals surface area contributed by atoms with Gasteiger partial charge in [0.25, 0.3) is 0 Å². The number of piperidine rings is 1. The highest BCUT2D eigenvalue weighted by Gasteiger charge is 2.63. The van der Waals surface area contributed by atoms with Crippen LogP contribution in [0.2, 0.25) is 0 Å². The Labute approximate surface area is 217 Å². The summed E-state index contributed by atoms with van der Waals surface area (Å²) in [6, 6.07) is 12.7. The fourth-order valence-corrected chi connectivity index (χ4v) is 6.32. The van der Waals surface area contributed by atoms with Crippen molar-refractivity contribution < 1.29 is 23.4 Å². The van der Waals surface area contributed by atoms with Gasteiger partial charge in [0.1, 0.15) is 11.6 Å². The number of ether oxygens (including phenoxy) is 1. The summed E-state index contributed by atoms with van der Waals surface area (Å²) in [5, 5.41) is 11.6. The quantitative estimate of drug-likeness (QED) is 0.509. The van der Waals surface area contributed by atoms with E-state index in [-0.39, 0.29) is 23.8 Å². The van der Waals surface area contributed by atoms with Gasteiger partial charge >= 0.3 is 6.09 Å². The SMILES string of the molecule is CC1(O)N(C2CCCCC2)C(=O)OC12CCN(CCC=C(c1ccc(F)cc1)c1ccc(F)cc1)CC2. The topological polar surface area (TPSA) is 53.0 Å². The van der Waals surface area contributed by atoms with Crippen LogP contribution in [-0.2, 0) is 4.74 Å². The van der Waals surface area contributed by atoms with Gasteiger partial charge in [0, 0.05) is 38.5 Å². The van der Waals surface area contributed by atoms with Crippen molar-refractivity contribution in [3.63, 3.8) is 0 Å². The van der Waals surface area contributed by atoms with Crippen molar-refractivity contribution in [1.82, 2.24) is 9.80 Å². The van der Waals surface area contributed by atoms with Crippen molar-refractivity contribution in [2.24, 2.45) is 0 Å². The van der Waals surface area contributed by atoms with Crippen molar-refractivity contribution in [1.29, 1.82) is 0 Å². The van der Waals surface area contributed by atoms with Crippen LogP contribution in [0, 0.1) is 11.6 Å². The minimum Gasteiger partial charge on any atom is -0.437 e. The van der Waals surface area contributed by atoms with Gasteiger partial charge in [-0.2, -0.15) is 0 Å². The first-order valence-electron chi connectivity index (χ1n) is 13.5. The number of carbonyl (C=O) groups is 1. The maximum atomic E-state index is 13.5. The van der Waals surface area contributed by atoms with Gasteiger partial charge < -0.3 is 14.7 Å². The van der Waals surface area contributed by atoms with Gasteiger partial charge in [0.05, 0.1) is 0 Å². The van der Waals surface area contributed by atoms with E-state index in [0.717, 1.165) is 68.4 Å². The van der Waals surface area contributed by atoms with Gasteiger partial charge in [-0.1, -0.05) is 49.6 Å². The third-order valence-corrected chi connectivity index (χ3v) is 8.52. The highest BCUT2D eigenvalue weighted by atomic mass is 19.1. The lowest BCUT2D eigenvalue weighted by molar-refractivity contribution is -0.173. The molecule has 2 aromatic carbocycles. The van der Waals surface area contributed by atoms with Crippen molar-refractivity contribution >= 4 is 11.7 Å². The highest BCUT2D eigenvalue weighted by molar-refractivity contribution is 5.79. The minimum absolute atomic E-state index is 0.0511. The van der Waals surface area contributed by atoms with Crippen LogP contribution < -0.4 is 0 Å². The standard InChI is InChI=1S/C30H36F2N2O3/c1-29(36)30(37-28(35)34(29)26-6-3-2-4-7-26)17-20-33(21-18-30)19-5-8-27(22-9-13-24(31)14-10-22)23-11-15-25(32)16-12-23/h8-16,26,36H,2-7,17-21H2,1H3. The molecule has 1 atom stereocenters. The molecule has 0 radical (unpaired) electrons. The number of hydrogen-bond donors (Lipinski definition) is 1. The molecule has 7 heteroatoms. The lowest BCUT2D eigenvalue weighted by Crippen LogP contribution is -2.62. The Morgan fingerprint density at radius 3 is 2.05 bits per heavy atom. The van der Waals surface area contributed by atoms with Gasteiger partial charge in [0.2, 0.25) is 0 Å². The van der Waals surface area contributed by atoms with Crippen LogP contribution in [0.5, 0.6) is 0 Å². The lowest BCUT2D eigenvalue weighted by Gasteiger charge is -2.46. The Hall–Kier alpha value is -2.77. The largest absolute Gasteiger partial charge is 0.437 e. The van der Waals surface area contributed by atoms with E-state index in [0.29, 0.717) is 12.8 Å². The number of rotatable bonds is 6. The van der Waals surface area contributed by atoms with Crippen LogP contribution in [-0.4, -0.2) is 58.0 Å². The first kappa shape index (κ1) is 25.9. The molecule has 2 heterocycles. The highest BCUT2D eigenvalue weighted by Crippen LogP contribution is 2.47. The van der Waals surface area contributed by atoms with Gasteiger partial charge in [0.15, 0.2) is 11.3 Å². The third-order valence-electron chi connectivity index (χ3n) is 8.52. The van der Waals surface area contributed by atoms with Crippen molar-refractivity contribution in [2.75, 3.05) is 19.6 Å². The molecule has 3 fully saturated rings. The van der Waals surface area contributed by atoms with E-state index in [1.807, 2.05) is 0 Å². The number of likely N-dealkylation sites (tertiary alicyclic amines) is 1. The Balaban J connectivity index is 1.24. The van der Waals surface area contributed by atoms with Gasteiger partial charge in [-0.05, 0) is 67.2 Å². The van der Waals surface area contributed by atoms with E-state index in [1.165, 1.54) is 30.7 Å². The second-order valence-electron chi connectivity index (χ2n) is 10.8. The number of benzene rings is 2. The predicted octanol–water partition coefficient (Wildman–Crippen LogP) is 6.11. The molecule has 0 aromatic heterocycles. The van der Waals surface area contributed by atoms with E-state index in [1.54, 1.807) is 36.1 Å². The fourth-order valence-electron chi connectivity index (χ4n) is 6.32. The Kier molecular flexibility index (Phi) is 7.37. The summed E-state index contributed by atoms with van der Waals surface area (Å²) < 4.78 is 32.9. The van der Waals surface area contributed by atoms with E-state index in [2.05, 4.69) is 11.0 Å². The maximum Gasteiger partial charge on any atom is 0.413 e. The van der Waals surface area contributed by atoms with Crippen molar-refractivity contribution in [2.45, 2.75) is 75.7 Å². The number of carbonyl (C=O) groups excluding carboxylic acids is 1. The molecule has 3 aliphatic rings. The molecule has 1 spiro atoms. The van der Waals surface area contributed by atoms with E-state index >= 15 is 0 Å². The van der Waals surface area contributed by atoms with Crippen LogP contribution in [0.25, 0.3) is 5.57 Å². The van der Waals surface area contributed by atoms with E-state index in [9.17, 15) is 18.7 Å². The lowest BCUT2D eigenvalue weighted by atomic mass is 9.80. The van der Waals surface area contributed by atoms with Gasteiger partial charge in [-0.3, -0.25) is 4.90 Å².